The highest BCUT2D eigenvalue weighted by Gasteiger charge is 2.18. The van der Waals surface area contributed by atoms with E-state index in [1.807, 2.05) is 32.0 Å². The largest absolute Gasteiger partial charge is 0.496 e. The minimum Gasteiger partial charge on any atom is -0.496 e. The summed E-state index contributed by atoms with van der Waals surface area (Å²) >= 11 is 0. The minimum atomic E-state index is -3.43. The van der Waals surface area contributed by atoms with Crippen LogP contribution in [0, 0.1) is 6.92 Å². The number of carbonyl (C=O) groups is 1. The molecule has 0 bridgehead atoms. The van der Waals surface area contributed by atoms with Crippen LogP contribution in [0.3, 0.4) is 0 Å². The van der Waals surface area contributed by atoms with Gasteiger partial charge in [-0.15, -0.1) is 6.58 Å². The molecule has 0 saturated carbocycles. The molecule has 1 atom stereocenters. The molecule has 2 aromatic carbocycles. The second kappa shape index (κ2) is 9.60. The van der Waals surface area contributed by atoms with Gasteiger partial charge in [0.1, 0.15) is 5.75 Å². The number of nitrogens with zero attached hydrogens (tertiary/aromatic N) is 1. The number of rotatable bonds is 9. The zero-order chi connectivity index (χ0) is 21.6. The smallest absolute Gasteiger partial charge is 0.251 e. The zero-order valence-corrected chi connectivity index (χ0v) is 18.1. The first-order valence-corrected chi connectivity index (χ1v) is 11.2. The quantitative estimate of drug-likeness (QED) is 0.630. The molecule has 0 radical (unpaired) electrons. The van der Waals surface area contributed by atoms with Gasteiger partial charge in [-0.05, 0) is 54.8 Å². The molecule has 0 aromatic heterocycles. The predicted molar refractivity (Wildman–Crippen MR) is 117 cm³/mol. The fourth-order valence-corrected chi connectivity index (χ4v) is 3.99. The molecule has 1 N–H and O–H groups in total. The van der Waals surface area contributed by atoms with Crippen LogP contribution in [0.5, 0.6) is 5.75 Å². The summed E-state index contributed by atoms with van der Waals surface area (Å²) in [5.74, 6) is 0.590. The van der Waals surface area contributed by atoms with Gasteiger partial charge in [-0.2, -0.15) is 0 Å². The molecule has 29 heavy (non-hydrogen) atoms. The molecule has 0 spiro atoms. The summed E-state index contributed by atoms with van der Waals surface area (Å²) in [5, 5.41) is 3.04. The van der Waals surface area contributed by atoms with Gasteiger partial charge in [0.05, 0.1) is 31.6 Å². The molecule has 6 nitrogen and oxygen atoms in total. The number of benzene rings is 2. The normalized spacial score (nSPS) is 12.1. The molecule has 7 heteroatoms. The molecule has 156 valence electrons. The number of carbonyl (C=O) groups excluding carboxylic acids is 1. The van der Waals surface area contributed by atoms with E-state index < -0.39 is 10.0 Å². The van der Waals surface area contributed by atoms with Crippen LogP contribution in [0.2, 0.25) is 0 Å². The van der Waals surface area contributed by atoms with E-state index >= 15 is 0 Å². The van der Waals surface area contributed by atoms with Gasteiger partial charge in [-0.1, -0.05) is 25.1 Å². The highest BCUT2D eigenvalue weighted by atomic mass is 32.2. The summed E-state index contributed by atoms with van der Waals surface area (Å²) in [6.45, 7) is 7.73. The van der Waals surface area contributed by atoms with E-state index in [1.54, 1.807) is 31.4 Å². The first-order valence-electron chi connectivity index (χ1n) is 9.35. The number of ether oxygens (including phenoxy) is 1. The molecule has 0 aliphatic heterocycles. The van der Waals surface area contributed by atoms with Crippen molar-refractivity contribution < 1.29 is 17.9 Å². The second-order valence-electron chi connectivity index (χ2n) is 6.79. The van der Waals surface area contributed by atoms with E-state index in [1.165, 1.54) is 10.4 Å². The summed E-state index contributed by atoms with van der Waals surface area (Å²) in [7, 11) is -1.80. The molecule has 0 aliphatic rings. The fraction of sp³-hybridized carbons (Fsp3) is 0.318. The van der Waals surface area contributed by atoms with Gasteiger partial charge in [-0.3, -0.25) is 9.10 Å². The van der Waals surface area contributed by atoms with Crippen LogP contribution in [-0.4, -0.2) is 34.2 Å². The van der Waals surface area contributed by atoms with Crippen molar-refractivity contribution in [1.29, 1.82) is 0 Å². The van der Waals surface area contributed by atoms with Crippen molar-refractivity contribution in [3.05, 3.63) is 71.8 Å². The van der Waals surface area contributed by atoms with Crippen molar-refractivity contribution in [1.82, 2.24) is 5.32 Å². The lowest BCUT2D eigenvalue weighted by atomic mass is 10.0. The molecule has 0 heterocycles. The minimum absolute atomic E-state index is 0.139. The first kappa shape index (κ1) is 22.5. The van der Waals surface area contributed by atoms with Crippen molar-refractivity contribution in [2.45, 2.75) is 26.3 Å². The Kier molecular flexibility index (Phi) is 7.45. The number of sulfonamides is 1. The Morgan fingerprint density at radius 2 is 1.90 bits per heavy atom. The maximum atomic E-state index is 12.7. The molecule has 0 unspecified atom stereocenters. The van der Waals surface area contributed by atoms with Crippen molar-refractivity contribution in [2.24, 2.45) is 0 Å². The Bertz CT molecular complexity index is 969. The summed E-state index contributed by atoms with van der Waals surface area (Å²) in [6.07, 6.45) is 3.39. The highest BCUT2D eigenvalue weighted by molar-refractivity contribution is 7.92. The SMILES string of the molecule is C=CCN(c1ccc(C(=O)N[C@@H](CC)c2ccc(OC)c(C)c2)cc1)S(C)(=O)=O. The van der Waals surface area contributed by atoms with Gasteiger partial charge in [0.2, 0.25) is 10.0 Å². The second-order valence-corrected chi connectivity index (χ2v) is 8.70. The lowest BCUT2D eigenvalue weighted by Gasteiger charge is -2.21. The van der Waals surface area contributed by atoms with Crippen LogP contribution in [0.25, 0.3) is 0 Å². The van der Waals surface area contributed by atoms with Crippen LogP contribution in [-0.2, 0) is 10.0 Å². The Morgan fingerprint density at radius 1 is 1.24 bits per heavy atom. The van der Waals surface area contributed by atoms with Crippen molar-refractivity contribution >= 4 is 21.6 Å². The highest BCUT2D eigenvalue weighted by Crippen LogP contribution is 2.25. The van der Waals surface area contributed by atoms with E-state index in [9.17, 15) is 13.2 Å². The summed E-state index contributed by atoms with van der Waals surface area (Å²) in [6, 6.07) is 12.2. The number of hydrogen-bond donors (Lipinski definition) is 1. The number of hydrogen-bond acceptors (Lipinski definition) is 4. The van der Waals surface area contributed by atoms with Gasteiger partial charge in [0.25, 0.3) is 5.91 Å². The number of amides is 1. The van der Waals surface area contributed by atoms with Crippen LogP contribution < -0.4 is 14.4 Å². The lowest BCUT2D eigenvalue weighted by Crippen LogP contribution is -2.30. The Labute approximate surface area is 173 Å². The van der Waals surface area contributed by atoms with Crippen molar-refractivity contribution in [3.63, 3.8) is 0 Å². The van der Waals surface area contributed by atoms with Crippen LogP contribution in [0.15, 0.2) is 55.1 Å². The van der Waals surface area contributed by atoms with E-state index in [-0.39, 0.29) is 18.5 Å². The molecule has 0 saturated heterocycles. The number of methoxy groups -OCH3 is 1. The average molecular weight is 417 g/mol. The predicted octanol–water partition coefficient (Wildman–Crippen LogP) is 3.84. The average Bonchev–Trinajstić information content (AvgIpc) is 2.69. The third-order valence-electron chi connectivity index (χ3n) is 4.65. The van der Waals surface area contributed by atoms with Crippen LogP contribution in [0.4, 0.5) is 5.69 Å². The molecule has 1 amide bonds. The van der Waals surface area contributed by atoms with Crippen LogP contribution >= 0.6 is 0 Å². The molecule has 2 rings (SSSR count). The standard InChI is InChI=1S/C22H28N2O4S/c1-6-14-24(29(5,26)27)19-11-8-17(9-12-19)22(25)23-20(7-2)18-10-13-21(28-4)16(3)15-18/h6,8-13,15,20H,1,7,14H2,2-5H3,(H,23,25)/t20-/m0/s1. The summed E-state index contributed by atoms with van der Waals surface area (Å²) < 4.78 is 30.4. The molecular formula is C22H28N2O4S. The van der Waals surface area contributed by atoms with Crippen molar-refractivity contribution in [3.8, 4) is 5.75 Å². The molecular weight excluding hydrogens is 388 g/mol. The van der Waals surface area contributed by atoms with Gasteiger partial charge in [-0.25, -0.2) is 8.42 Å². The number of aryl methyl sites for hydroxylation is 1. The number of nitrogens with one attached hydrogen (secondary N) is 1. The van der Waals surface area contributed by atoms with Gasteiger partial charge in [0.15, 0.2) is 0 Å². The maximum absolute atomic E-state index is 12.7. The van der Waals surface area contributed by atoms with Gasteiger partial charge < -0.3 is 10.1 Å². The number of anilines is 1. The summed E-state index contributed by atoms with van der Waals surface area (Å²) in [5.41, 5.74) is 2.96. The topological polar surface area (TPSA) is 75.7 Å². The molecule has 2 aromatic rings. The zero-order valence-electron chi connectivity index (χ0n) is 17.3. The maximum Gasteiger partial charge on any atom is 0.251 e. The first-order chi connectivity index (χ1) is 13.7. The Balaban J connectivity index is 2.19. The molecule has 0 fully saturated rings. The molecule has 0 aliphatic carbocycles. The third kappa shape index (κ3) is 5.60. The summed E-state index contributed by atoms with van der Waals surface area (Å²) in [4.78, 5) is 12.7. The Hall–Kier alpha value is -2.80. The van der Waals surface area contributed by atoms with E-state index in [0.717, 1.165) is 29.6 Å². The van der Waals surface area contributed by atoms with Crippen LogP contribution in [0.1, 0.15) is 40.9 Å². The monoisotopic (exact) mass is 416 g/mol. The Morgan fingerprint density at radius 3 is 2.38 bits per heavy atom. The van der Waals surface area contributed by atoms with Crippen molar-refractivity contribution in [2.75, 3.05) is 24.2 Å². The van der Waals surface area contributed by atoms with Gasteiger partial charge >= 0.3 is 0 Å². The van der Waals surface area contributed by atoms with E-state index in [2.05, 4.69) is 11.9 Å². The van der Waals surface area contributed by atoms with Gasteiger partial charge in [0, 0.05) is 5.56 Å². The lowest BCUT2D eigenvalue weighted by molar-refractivity contribution is 0.0935. The fourth-order valence-electron chi connectivity index (χ4n) is 3.11. The third-order valence-corrected chi connectivity index (χ3v) is 5.81. The van der Waals surface area contributed by atoms with E-state index in [4.69, 9.17) is 4.74 Å². The van der Waals surface area contributed by atoms with E-state index in [0.29, 0.717) is 11.3 Å².